The molecule has 3 nitrogen and oxygen atoms in total. The SMILES string of the molecule is C=CCC(O)(CCl)CC(=O)OCC. The van der Waals surface area contributed by atoms with Gasteiger partial charge < -0.3 is 9.84 Å². The molecule has 0 rings (SSSR count). The Labute approximate surface area is 83.3 Å². The summed E-state index contributed by atoms with van der Waals surface area (Å²) in [6.45, 7) is 5.50. The van der Waals surface area contributed by atoms with Crippen LogP contribution in [0.5, 0.6) is 0 Å². The molecule has 0 saturated carbocycles. The number of alkyl halides is 1. The molecule has 0 aromatic rings. The lowest BCUT2D eigenvalue weighted by atomic mass is 9.98. The van der Waals surface area contributed by atoms with Crippen LogP contribution in [0, 0.1) is 0 Å². The molecule has 76 valence electrons. The standard InChI is InChI=1S/C9H15ClO3/c1-3-5-9(12,7-10)6-8(11)13-4-2/h3,12H,1,4-7H2,2H3. The van der Waals surface area contributed by atoms with Crippen LogP contribution in [0.3, 0.4) is 0 Å². The molecular weight excluding hydrogens is 192 g/mol. The molecule has 1 atom stereocenters. The maximum absolute atomic E-state index is 11.0. The van der Waals surface area contributed by atoms with Crippen LogP contribution in [0.1, 0.15) is 19.8 Å². The van der Waals surface area contributed by atoms with Crippen molar-refractivity contribution in [1.82, 2.24) is 0 Å². The second-order valence-electron chi connectivity index (χ2n) is 2.83. The molecule has 0 aliphatic heterocycles. The lowest BCUT2D eigenvalue weighted by molar-refractivity contribution is -0.147. The predicted molar refractivity (Wildman–Crippen MR) is 51.7 cm³/mol. The average Bonchev–Trinajstić information content (AvgIpc) is 2.05. The van der Waals surface area contributed by atoms with Gasteiger partial charge in [0.05, 0.1) is 24.5 Å². The van der Waals surface area contributed by atoms with Crippen molar-refractivity contribution >= 4 is 17.6 Å². The first-order chi connectivity index (χ1) is 6.08. The summed E-state index contributed by atoms with van der Waals surface area (Å²) < 4.78 is 4.69. The summed E-state index contributed by atoms with van der Waals surface area (Å²) >= 11 is 5.53. The summed E-state index contributed by atoms with van der Waals surface area (Å²) in [4.78, 5) is 11.0. The zero-order chi connectivity index (χ0) is 10.3. The Morgan fingerprint density at radius 1 is 1.77 bits per heavy atom. The Balaban J connectivity index is 4.09. The van der Waals surface area contributed by atoms with Crippen molar-refractivity contribution < 1.29 is 14.6 Å². The van der Waals surface area contributed by atoms with E-state index in [4.69, 9.17) is 16.3 Å². The third-order valence-electron chi connectivity index (χ3n) is 1.55. The van der Waals surface area contributed by atoms with Gasteiger partial charge in [-0.3, -0.25) is 4.79 Å². The van der Waals surface area contributed by atoms with Crippen LogP contribution in [-0.4, -0.2) is 29.2 Å². The molecule has 0 aliphatic rings. The van der Waals surface area contributed by atoms with Crippen LogP contribution in [0.25, 0.3) is 0 Å². The maximum atomic E-state index is 11.0. The molecule has 0 aromatic carbocycles. The average molecular weight is 207 g/mol. The van der Waals surface area contributed by atoms with Gasteiger partial charge in [-0.25, -0.2) is 0 Å². The van der Waals surface area contributed by atoms with Gasteiger partial charge in [0.15, 0.2) is 0 Å². The van der Waals surface area contributed by atoms with E-state index in [1.807, 2.05) is 0 Å². The van der Waals surface area contributed by atoms with E-state index in [0.29, 0.717) is 6.61 Å². The fraction of sp³-hybridized carbons (Fsp3) is 0.667. The van der Waals surface area contributed by atoms with Crippen LogP contribution < -0.4 is 0 Å². The van der Waals surface area contributed by atoms with Gasteiger partial charge in [0.25, 0.3) is 0 Å². The molecule has 4 heteroatoms. The summed E-state index contributed by atoms with van der Waals surface area (Å²) in [6, 6.07) is 0. The highest BCUT2D eigenvalue weighted by Gasteiger charge is 2.28. The van der Waals surface area contributed by atoms with Gasteiger partial charge in [0.2, 0.25) is 0 Å². The van der Waals surface area contributed by atoms with Crippen LogP contribution in [0.2, 0.25) is 0 Å². The number of carbonyl (C=O) groups is 1. The minimum absolute atomic E-state index is 0.00215. The Morgan fingerprint density at radius 3 is 2.77 bits per heavy atom. The highest BCUT2D eigenvalue weighted by molar-refractivity contribution is 6.18. The molecule has 0 radical (unpaired) electrons. The zero-order valence-electron chi connectivity index (χ0n) is 7.75. The van der Waals surface area contributed by atoms with Crippen molar-refractivity contribution in [2.75, 3.05) is 12.5 Å². The fourth-order valence-corrected chi connectivity index (χ4v) is 1.13. The minimum atomic E-state index is -1.21. The normalized spacial score (nSPS) is 14.7. The van der Waals surface area contributed by atoms with E-state index in [0.717, 1.165) is 0 Å². The fourth-order valence-electron chi connectivity index (χ4n) is 0.923. The molecule has 0 saturated heterocycles. The Hall–Kier alpha value is -0.540. The predicted octanol–water partition coefficient (Wildman–Crippen LogP) is 1.49. The second kappa shape index (κ2) is 6.00. The Bertz CT molecular complexity index is 182. The lowest BCUT2D eigenvalue weighted by Gasteiger charge is -2.22. The first kappa shape index (κ1) is 12.5. The molecule has 0 fully saturated rings. The van der Waals surface area contributed by atoms with Gasteiger partial charge in [-0.05, 0) is 13.3 Å². The van der Waals surface area contributed by atoms with Crippen LogP contribution >= 0.6 is 11.6 Å². The quantitative estimate of drug-likeness (QED) is 0.407. The molecule has 0 spiro atoms. The topological polar surface area (TPSA) is 46.5 Å². The smallest absolute Gasteiger partial charge is 0.308 e. The first-order valence-electron chi connectivity index (χ1n) is 4.13. The summed E-state index contributed by atoms with van der Waals surface area (Å²) in [5.41, 5.74) is -1.21. The molecule has 0 heterocycles. The highest BCUT2D eigenvalue weighted by Crippen LogP contribution is 2.18. The summed E-state index contributed by atoms with van der Waals surface area (Å²) in [5.74, 6) is -0.440. The number of ether oxygens (including phenoxy) is 1. The Kier molecular flexibility index (Phi) is 5.75. The Morgan fingerprint density at radius 2 is 2.38 bits per heavy atom. The van der Waals surface area contributed by atoms with E-state index >= 15 is 0 Å². The summed E-state index contributed by atoms with van der Waals surface area (Å²) in [5, 5.41) is 9.71. The largest absolute Gasteiger partial charge is 0.466 e. The maximum Gasteiger partial charge on any atom is 0.308 e. The molecule has 0 amide bonds. The van der Waals surface area contributed by atoms with E-state index in [-0.39, 0.29) is 18.7 Å². The number of rotatable bonds is 6. The summed E-state index contributed by atoms with van der Waals surface area (Å²) in [6.07, 6.45) is 1.73. The van der Waals surface area contributed by atoms with Gasteiger partial charge in [-0.15, -0.1) is 18.2 Å². The van der Waals surface area contributed by atoms with Gasteiger partial charge in [-0.1, -0.05) is 6.08 Å². The van der Waals surface area contributed by atoms with Crippen molar-refractivity contribution in [3.63, 3.8) is 0 Å². The number of aliphatic hydroxyl groups is 1. The lowest BCUT2D eigenvalue weighted by Crippen LogP contribution is -2.33. The van der Waals surface area contributed by atoms with Crippen LogP contribution in [0.4, 0.5) is 0 Å². The van der Waals surface area contributed by atoms with Crippen LogP contribution in [-0.2, 0) is 9.53 Å². The van der Waals surface area contributed by atoms with Gasteiger partial charge in [0, 0.05) is 0 Å². The third-order valence-corrected chi connectivity index (χ3v) is 2.05. The molecule has 13 heavy (non-hydrogen) atoms. The van der Waals surface area contributed by atoms with Crippen molar-refractivity contribution in [1.29, 1.82) is 0 Å². The third kappa shape index (κ3) is 4.90. The monoisotopic (exact) mass is 206 g/mol. The molecule has 0 aliphatic carbocycles. The molecule has 0 aromatic heterocycles. The van der Waals surface area contributed by atoms with Gasteiger partial charge in [0.1, 0.15) is 0 Å². The van der Waals surface area contributed by atoms with Gasteiger partial charge >= 0.3 is 5.97 Å². The number of hydrogen-bond acceptors (Lipinski definition) is 3. The minimum Gasteiger partial charge on any atom is -0.466 e. The first-order valence-corrected chi connectivity index (χ1v) is 4.66. The molecule has 0 bridgehead atoms. The zero-order valence-corrected chi connectivity index (χ0v) is 8.51. The van der Waals surface area contributed by atoms with Crippen molar-refractivity contribution in [2.24, 2.45) is 0 Å². The number of carbonyl (C=O) groups excluding carboxylic acids is 1. The van der Waals surface area contributed by atoms with Crippen molar-refractivity contribution in [3.05, 3.63) is 12.7 Å². The van der Waals surface area contributed by atoms with Crippen LogP contribution in [0.15, 0.2) is 12.7 Å². The van der Waals surface area contributed by atoms with Gasteiger partial charge in [-0.2, -0.15) is 0 Å². The van der Waals surface area contributed by atoms with E-state index < -0.39 is 11.6 Å². The summed E-state index contributed by atoms with van der Waals surface area (Å²) in [7, 11) is 0. The number of halogens is 1. The number of esters is 1. The molecule has 1 unspecified atom stereocenters. The van der Waals surface area contributed by atoms with E-state index in [9.17, 15) is 9.90 Å². The van der Waals surface area contributed by atoms with E-state index in [1.54, 1.807) is 6.92 Å². The molecular formula is C9H15ClO3. The van der Waals surface area contributed by atoms with Crippen molar-refractivity contribution in [3.8, 4) is 0 Å². The highest BCUT2D eigenvalue weighted by atomic mass is 35.5. The van der Waals surface area contributed by atoms with E-state index in [2.05, 4.69) is 6.58 Å². The number of hydrogen-bond donors (Lipinski definition) is 1. The molecule has 1 N–H and O–H groups in total. The second-order valence-corrected chi connectivity index (χ2v) is 3.10. The van der Waals surface area contributed by atoms with E-state index in [1.165, 1.54) is 6.08 Å². The van der Waals surface area contributed by atoms with Crippen molar-refractivity contribution in [2.45, 2.75) is 25.4 Å².